The zero-order chi connectivity index (χ0) is 15.2. The molecule has 1 aromatic heterocycles. The summed E-state index contributed by atoms with van der Waals surface area (Å²) in [7, 11) is 0. The third kappa shape index (κ3) is 3.96. The highest BCUT2D eigenvalue weighted by molar-refractivity contribution is 5.96. The summed E-state index contributed by atoms with van der Waals surface area (Å²) in [5, 5.41) is 2.99. The molecule has 2 aliphatic heterocycles. The summed E-state index contributed by atoms with van der Waals surface area (Å²) < 4.78 is 16.4. The van der Waals surface area contributed by atoms with Gasteiger partial charge in [-0.3, -0.25) is 4.79 Å². The van der Waals surface area contributed by atoms with Gasteiger partial charge in [-0.05, 0) is 30.9 Å². The summed E-state index contributed by atoms with van der Waals surface area (Å²) in [5.74, 6) is 0.748. The van der Waals surface area contributed by atoms with E-state index in [0.29, 0.717) is 37.1 Å². The van der Waals surface area contributed by atoms with Crippen LogP contribution >= 0.6 is 0 Å². The van der Waals surface area contributed by atoms with Crippen molar-refractivity contribution in [1.82, 2.24) is 10.3 Å². The molecule has 3 heterocycles. The van der Waals surface area contributed by atoms with Crippen LogP contribution in [0.5, 0.6) is 5.88 Å². The van der Waals surface area contributed by atoms with Crippen LogP contribution in [0.15, 0.2) is 18.3 Å². The van der Waals surface area contributed by atoms with Crippen LogP contribution < -0.4 is 10.1 Å². The quantitative estimate of drug-likeness (QED) is 0.890. The maximum atomic E-state index is 12.4. The normalized spacial score (nSPS) is 22.5. The van der Waals surface area contributed by atoms with Gasteiger partial charge in [-0.15, -0.1) is 0 Å². The molecule has 1 aromatic rings. The largest absolute Gasteiger partial charge is 0.471 e. The molecule has 6 nitrogen and oxygen atoms in total. The Morgan fingerprint density at radius 1 is 1.27 bits per heavy atom. The first kappa shape index (κ1) is 15.2. The van der Waals surface area contributed by atoms with E-state index in [0.717, 1.165) is 32.5 Å². The van der Waals surface area contributed by atoms with E-state index in [1.807, 2.05) is 0 Å². The zero-order valence-corrected chi connectivity index (χ0v) is 12.6. The second-order valence-electron chi connectivity index (χ2n) is 5.73. The van der Waals surface area contributed by atoms with Crippen LogP contribution in [0.1, 0.15) is 29.6 Å². The fourth-order valence-corrected chi connectivity index (χ4v) is 2.70. The van der Waals surface area contributed by atoms with E-state index in [2.05, 4.69) is 10.3 Å². The minimum absolute atomic E-state index is 0.0167. The SMILES string of the molecule is O=C(NCC1CCOCC1)c1cccnc1O[C@H]1CCOC1. The molecule has 120 valence electrons. The molecule has 0 radical (unpaired) electrons. The van der Waals surface area contributed by atoms with E-state index >= 15 is 0 Å². The summed E-state index contributed by atoms with van der Waals surface area (Å²) in [6.07, 6.45) is 4.45. The number of carbonyl (C=O) groups excluding carboxylic acids is 1. The summed E-state index contributed by atoms with van der Waals surface area (Å²) in [5.41, 5.74) is 0.487. The second kappa shape index (κ2) is 7.56. The molecule has 0 saturated carbocycles. The van der Waals surface area contributed by atoms with Gasteiger partial charge in [-0.25, -0.2) is 4.98 Å². The average molecular weight is 306 g/mol. The Hall–Kier alpha value is -1.66. The number of ether oxygens (including phenoxy) is 3. The number of nitrogens with one attached hydrogen (secondary N) is 1. The van der Waals surface area contributed by atoms with Crippen LogP contribution in [-0.4, -0.2) is 50.0 Å². The predicted octanol–water partition coefficient (Wildman–Crippen LogP) is 1.41. The standard InChI is InChI=1S/C16H22N2O4/c19-15(18-10-12-3-7-20-8-4-12)14-2-1-6-17-16(14)22-13-5-9-21-11-13/h1-2,6,12-13H,3-5,7-11H2,(H,18,19)/t13-/m0/s1. The van der Waals surface area contributed by atoms with Crippen LogP contribution in [0.4, 0.5) is 0 Å². The highest BCUT2D eigenvalue weighted by Crippen LogP contribution is 2.19. The van der Waals surface area contributed by atoms with Gasteiger partial charge in [-0.1, -0.05) is 0 Å². The second-order valence-corrected chi connectivity index (χ2v) is 5.73. The average Bonchev–Trinajstić information content (AvgIpc) is 3.07. The molecule has 22 heavy (non-hydrogen) atoms. The third-order valence-electron chi connectivity index (χ3n) is 4.07. The van der Waals surface area contributed by atoms with Crippen molar-refractivity contribution in [2.45, 2.75) is 25.4 Å². The summed E-state index contributed by atoms with van der Waals surface area (Å²) in [6, 6.07) is 3.50. The molecule has 0 aromatic carbocycles. The van der Waals surface area contributed by atoms with Crippen molar-refractivity contribution in [3.05, 3.63) is 23.9 Å². The first-order valence-electron chi connectivity index (χ1n) is 7.88. The van der Waals surface area contributed by atoms with Gasteiger partial charge < -0.3 is 19.5 Å². The van der Waals surface area contributed by atoms with Crippen LogP contribution in [0, 0.1) is 5.92 Å². The minimum atomic E-state index is -0.131. The van der Waals surface area contributed by atoms with Gasteiger partial charge in [0.05, 0.1) is 13.2 Å². The van der Waals surface area contributed by atoms with Crippen LogP contribution in [-0.2, 0) is 9.47 Å². The Kier molecular flexibility index (Phi) is 5.24. The number of carbonyl (C=O) groups is 1. The molecule has 1 atom stereocenters. The summed E-state index contributed by atoms with van der Waals surface area (Å²) in [4.78, 5) is 16.6. The highest BCUT2D eigenvalue weighted by Gasteiger charge is 2.22. The topological polar surface area (TPSA) is 69.7 Å². The Bertz CT molecular complexity index is 497. The summed E-state index contributed by atoms with van der Waals surface area (Å²) in [6.45, 7) is 3.48. The lowest BCUT2D eigenvalue weighted by molar-refractivity contribution is 0.0641. The van der Waals surface area contributed by atoms with Gasteiger partial charge in [0.1, 0.15) is 11.7 Å². The van der Waals surface area contributed by atoms with Crippen molar-refractivity contribution in [1.29, 1.82) is 0 Å². The van der Waals surface area contributed by atoms with Crippen molar-refractivity contribution < 1.29 is 19.0 Å². The Labute approximate surface area is 130 Å². The molecule has 2 saturated heterocycles. The van der Waals surface area contributed by atoms with Gasteiger partial charge in [0.2, 0.25) is 5.88 Å². The first-order valence-corrected chi connectivity index (χ1v) is 7.88. The van der Waals surface area contributed by atoms with E-state index in [4.69, 9.17) is 14.2 Å². The van der Waals surface area contributed by atoms with Crippen molar-refractivity contribution in [3.8, 4) is 5.88 Å². The summed E-state index contributed by atoms with van der Waals surface area (Å²) >= 11 is 0. The third-order valence-corrected chi connectivity index (χ3v) is 4.07. The molecule has 1 N–H and O–H groups in total. The van der Waals surface area contributed by atoms with Gasteiger partial charge in [-0.2, -0.15) is 0 Å². The van der Waals surface area contributed by atoms with Gasteiger partial charge >= 0.3 is 0 Å². The van der Waals surface area contributed by atoms with Gasteiger partial charge in [0, 0.05) is 32.4 Å². The number of pyridine rings is 1. The first-order chi connectivity index (χ1) is 10.8. The van der Waals surface area contributed by atoms with Gasteiger partial charge in [0.25, 0.3) is 5.91 Å². The maximum Gasteiger partial charge on any atom is 0.256 e. The van der Waals surface area contributed by atoms with Gasteiger partial charge in [0.15, 0.2) is 0 Å². The number of hydrogen-bond acceptors (Lipinski definition) is 5. The number of nitrogens with zero attached hydrogens (tertiary/aromatic N) is 1. The molecular formula is C16H22N2O4. The van der Waals surface area contributed by atoms with E-state index < -0.39 is 0 Å². The molecule has 2 fully saturated rings. The predicted molar refractivity (Wildman–Crippen MR) is 80.0 cm³/mol. The molecular weight excluding hydrogens is 284 g/mol. The van der Waals surface area contributed by atoms with Crippen molar-refractivity contribution >= 4 is 5.91 Å². The molecule has 0 bridgehead atoms. The molecule has 0 spiro atoms. The number of amides is 1. The minimum Gasteiger partial charge on any atom is -0.471 e. The van der Waals surface area contributed by atoms with Crippen LogP contribution in [0.2, 0.25) is 0 Å². The Morgan fingerprint density at radius 3 is 2.86 bits per heavy atom. The fraction of sp³-hybridized carbons (Fsp3) is 0.625. The molecule has 1 amide bonds. The van der Waals surface area contributed by atoms with E-state index in [1.165, 1.54) is 0 Å². The zero-order valence-electron chi connectivity index (χ0n) is 12.6. The maximum absolute atomic E-state index is 12.4. The number of hydrogen-bond donors (Lipinski definition) is 1. The highest BCUT2D eigenvalue weighted by atomic mass is 16.5. The fourth-order valence-electron chi connectivity index (χ4n) is 2.70. The smallest absolute Gasteiger partial charge is 0.256 e. The van der Waals surface area contributed by atoms with E-state index in [-0.39, 0.29) is 12.0 Å². The van der Waals surface area contributed by atoms with Crippen LogP contribution in [0.3, 0.4) is 0 Å². The monoisotopic (exact) mass is 306 g/mol. The number of aromatic nitrogens is 1. The van der Waals surface area contributed by atoms with Crippen molar-refractivity contribution in [2.75, 3.05) is 33.0 Å². The molecule has 0 unspecified atom stereocenters. The van der Waals surface area contributed by atoms with Crippen molar-refractivity contribution in [2.24, 2.45) is 5.92 Å². The van der Waals surface area contributed by atoms with Crippen LogP contribution in [0.25, 0.3) is 0 Å². The van der Waals surface area contributed by atoms with Crippen molar-refractivity contribution in [3.63, 3.8) is 0 Å². The van der Waals surface area contributed by atoms with E-state index in [9.17, 15) is 4.79 Å². The molecule has 6 heteroatoms. The lowest BCUT2D eigenvalue weighted by atomic mass is 10.0. The lowest BCUT2D eigenvalue weighted by Crippen LogP contribution is -2.32. The Morgan fingerprint density at radius 2 is 2.09 bits per heavy atom. The Balaban J connectivity index is 1.58. The number of rotatable bonds is 5. The van der Waals surface area contributed by atoms with E-state index in [1.54, 1.807) is 18.3 Å². The molecule has 2 aliphatic rings. The lowest BCUT2D eigenvalue weighted by Gasteiger charge is -2.22. The molecule has 3 rings (SSSR count). The molecule has 0 aliphatic carbocycles.